The summed E-state index contributed by atoms with van der Waals surface area (Å²) in [6.45, 7) is 1.76. The first kappa shape index (κ1) is 25.0. The molecule has 1 aliphatic carbocycles. The van der Waals surface area contributed by atoms with E-state index in [1.165, 1.54) is 12.1 Å². The summed E-state index contributed by atoms with van der Waals surface area (Å²) in [4.78, 5) is 38.1. The molecule has 9 heteroatoms. The van der Waals surface area contributed by atoms with Crippen LogP contribution in [0.25, 0.3) is 0 Å². The molecule has 1 aliphatic heterocycles. The largest absolute Gasteiger partial charge is 0.497 e. The number of non-ortho nitro benzene ring substituents is 1. The van der Waals surface area contributed by atoms with E-state index in [1.54, 1.807) is 62.8 Å². The third-order valence-electron chi connectivity index (χ3n) is 6.94. The van der Waals surface area contributed by atoms with Crippen LogP contribution in [0, 0.1) is 10.1 Å². The van der Waals surface area contributed by atoms with Crippen molar-refractivity contribution in [3.8, 4) is 5.75 Å². The first-order valence-corrected chi connectivity index (χ1v) is 12.2. The fraction of sp³-hybridized carbons (Fsp3) is 0.241. The minimum Gasteiger partial charge on any atom is -0.497 e. The molecule has 0 spiro atoms. The van der Waals surface area contributed by atoms with Gasteiger partial charge in [0.05, 0.1) is 23.9 Å². The number of Topliss-reactive ketones (excluding diaryl/α,β-unsaturated/α-hetero) is 1. The standard InChI is InChI=1S/C29H26N2O7/c1-17-26(29(33)38-16-18-8-10-22(36-2)11-9-18)27(19-5-3-6-21(13-19)31(34)35)28-23(30-17)14-20(15-24(28)32)25-7-4-12-37-25/h3-13,20,27,30H,14-16H2,1-2H3/t20-,27+/m1/s1. The molecule has 9 nitrogen and oxygen atoms in total. The monoisotopic (exact) mass is 514 g/mol. The highest BCUT2D eigenvalue weighted by Crippen LogP contribution is 2.46. The lowest BCUT2D eigenvalue weighted by molar-refractivity contribution is -0.384. The molecule has 0 fully saturated rings. The molecule has 5 rings (SSSR count). The first-order valence-electron chi connectivity index (χ1n) is 12.2. The van der Waals surface area contributed by atoms with E-state index in [2.05, 4.69) is 5.32 Å². The maximum Gasteiger partial charge on any atom is 0.337 e. The number of rotatable bonds is 7. The number of nitrogens with zero attached hydrogens (tertiary/aromatic N) is 1. The van der Waals surface area contributed by atoms with Crippen molar-refractivity contribution < 1.29 is 28.4 Å². The van der Waals surface area contributed by atoms with Gasteiger partial charge in [-0.25, -0.2) is 4.79 Å². The summed E-state index contributed by atoms with van der Waals surface area (Å²) in [5.41, 5.74) is 3.02. The Morgan fingerprint density at radius 2 is 1.92 bits per heavy atom. The SMILES string of the molecule is COc1ccc(COC(=O)C2=C(C)NC3=C(C(=O)C[C@H](c4ccco4)C3)[C@H]2c2cccc([N+](=O)[O-])c2)cc1. The van der Waals surface area contributed by atoms with Gasteiger partial charge in [-0.15, -0.1) is 0 Å². The number of nitro benzene ring substituents is 1. The fourth-order valence-electron chi connectivity index (χ4n) is 5.13. The van der Waals surface area contributed by atoms with Crippen molar-refractivity contribution in [1.29, 1.82) is 0 Å². The van der Waals surface area contributed by atoms with Gasteiger partial charge in [-0.2, -0.15) is 0 Å². The van der Waals surface area contributed by atoms with E-state index >= 15 is 0 Å². The summed E-state index contributed by atoms with van der Waals surface area (Å²) in [7, 11) is 1.57. The second-order valence-electron chi connectivity index (χ2n) is 9.31. The molecule has 38 heavy (non-hydrogen) atoms. The third-order valence-corrected chi connectivity index (χ3v) is 6.94. The number of methoxy groups -OCH3 is 1. The van der Waals surface area contributed by atoms with Gasteiger partial charge < -0.3 is 19.2 Å². The maximum atomic E-state index is 13.6. The molecule has 0 radical (unpaired) electrons. The van der Waals surface area contributed by atoms with Crippen molar-refractivity contribution in [3.63, 3.8) is 0 Å². The molecule has 194 valence electrons. The van der Waals surface area contributed by atoms with Crippen LogP contribution < -0.4 is 10.1 Å². The van der Waals surface area contributed by atoms with Gasteiger partial charge in [0.1, 0.15) is 18.1 Å². The second kappa shape index (κ2) is 10.4. The normalized spacial score (nSPS) is 19.1. The number of hydrogen-bond donors (Lipinski definition) is 1. The molecule has 1 N–H and O–H groups in total. The van der Waals surface area contributed by atoms with Crippen LogP contribution in [0.2, 0.25) is 0 Å². The van der Waals surface area contributed by atoms with Gasteiger partial charge in [-0.1, -0.05) is 24.3 Å². The molecular weight excluding hydrogens is 488 g/mol. The summed E-state index contributed by atoms with van der Waals surface area (Å²) in [5, 5.41) is 14.8. The van der Waals surface area contributed by atoms with Gasteiger partial charge in [-0.3, -0.25) is 14.9 Å². The second-order valence-corrected chi connectivity index (χ2v) is 9.31. The Hall–Kier alpha value is -4.66. The van der Waals surface area contributed by atoms with E-state index < -0.39 is 16.8 Å². The van der Waals surface area contributed by atoms with Crippen molar-refractivity contribution >= 4 is 17.4 Å². The van der Waals surface area contributed by atoms with Crippen LogP contribution in [0.1, 0.15) is 48.5 Å². The Balaban J connectivity index is 1.51. The summed E-state index contributed by atoms with van der Waals surface area (Å²) < 4.78 is 16.4. The minimum absolute atomic E-state index is 0.0156. The number of benzene rings is 2. The Kier molecular flexibility index (Phi) is 6.83. The Morgan fingerprint density at radius 1 is 1.13 bits per heavy atom. The van der Waals surface area contributed by atoms with Crippen molar-refractivity contribution in [2.24, 2.45) is 0 Å². The summed E-state index contributed by atoms with van der Waals surface area (Å²) in [6, 6.07) is 16.8. The molecule has 2 aromatic carbocycles. The number of dihydropyridines is 1. The van der Waals surface area contributed by atoms with Crippen LogP contribution in [0.5, 0.6) is 5.75 Å². The van der Waals surface area contributed by atoms with Gasteiger partial charge in [0, 0.05) is 47.4 Å². The van der Waals surface area contributed by atoms with Crippen molar-refractivity contribution in [1.82, 2.24) is 5.32 Å². The van der Waals surface area contributed by atoms with Crippen LogP contribution in [0.3, 0.4) is 0 Å². The molecule has 0 saturated carbocycles. The third kappa shape index (κ3) is 4.82. The zero-order valence-electron chi connectivity index (χ0n) is 20.9. The molecule has 0 saturated heterocycles. The number of ether oxygens (including phenoxy) is 2. The predicted octanol–water partition coefficient (Wildman–Crippen LogP) is 5.30. The van der Waals surface area contributed by atoms with Crippen LogP contribution in [-0.2, 0) is 20.9 Å². The summed E-state index contributed by atoms with van der Waals surface area (Å²) >= 11 is 0. The van der Waals surface area contributed by atoms with Crippen LogP contribution in [-0.4, -0.2) is 23.8 Å². The van der Waals surface area contributed by atoms with Crippen LogP contribution in [0.4, 0.5) is 5.69 Å². The number of hydrogen-bond acceptors (Lipinski definition) is 8. The maximum absolute atomic E-state index is 13.6. The lowest BCUT2D eigenvalue weighted by atomic mass is 9.72. The van der Waals surface area contributed by atoms with Crippen molar-refractivity contribution in [2.75, 3.05) is 7.11 Å². The van der Waals surface area contributed by atoms with E-state index in [0.717, 1.165) is 5.56 Å². The highest BCUT2D eigenvalue weighted by atomic mass is 16.6. The first-order chi connectivity index (χ1) is 18.4. The van der Waals surface area contributed by atoms with Gasteiger partial charge >= 0.3 is 5.97 Å². The van der Waals surface area contributed by atoms with E-state index in [1.807, 2.05) is 6.07 Å². The number of allylic oxidation sites excluding steroid dienone is 3. The summed E-state index contributed by atoms with van der Waals surface area (Å²) in [6.07, 6.45) is 2.28. The lowest BCUT2D eigenvalue weighted by Gasteiger charge is -2.36. The molecule has 2 heterocycles. The molecule has 2 atom stereocenters. The van der Waals surface area contributed by atoms with Crippen LogP contribution >= 0.6 is 0 Å². The topological polar surface area (TPSA) is 121 Å². The number of furan rings is 1. The van der Waals surface area contributed by atoms with E-state index in [9.17, 15) is 19.7 Å². The van der Waals surface area contributed by atoms with Gasteiger partial charge in [0.15, 0.2) is 5.78 Å². The summed E-state index contributed by atoms with van der Waals surface area (Å²) in [5.74, 6) is -0.307. The number of ketones is 1. The zero-order chi connectivity index (χ0) is 26.8. The molecule has 0 bridgehead atoms. The Morgan fingerprint density at radius 3 is 2.61 bits per heavy atom. The number of carbonyl (C=O) groups excluding carboxylic acids is 2. The average Bonchev–Trinajstić information content (AvgIpc) is 3.46. The molecule has 0 unspecified atom stereocenters. The quantitative estimate of drug-likeness (QED) is 0.256. The molecule has 0 amide bonds. The van der Waals surface area contributed by atoms with E-state index in [4.69, 9.17) is 13.9 Å². The molecule has 1 aromatic heterocycles. The molecular formula is C29H26N2O7. The van der Waals surface area contributed by atoms with E-state index in [0.29, 0.717) is 40.5 Å². The number of esters is 1. The van der Waals surface area contributed by atoms with Crippen molar-refractivity contribution in [3.05, 3.63) is 116 Å². The number of nitro groups is 1. The van der Waals surface area contributed by atoms with E-state index in [-0.39, 0.29) is 36.0 Å². The van der Waals surface area contributed by atoms with Gasteiger partial charge in [-0.05, 0) is 48.7 Å². The predicted molar refractivity (Wildman–Crippen MR) is 137 cm³/mol. The minimum atomic E-state index is -0.806. The molecule has 3 aromatic rings. The molecule has 2 aliphatic rings. The smallest absolute Gasteiger partial charge is 0.337 e. The van der Waals surface area contributed by atoms with Gasteiger partial charge in [0.25, 0.3) is 5.69 Å². The van der Waals surface area contributed by atoms with Crippen molar-refractivity contribution in [2.45, 2.75) is 38.2 Å². The number of carbonyl (C=O) groups is 2. The van der Waals surface area contributed by atoms with Gasteiger partial charge in [0.2, 0.25) is 0 Å². The Labute approximate surface area is 218 Å². The Bertz CT molecular complexity index is 1450. The number of nitrogens with one attached hydrogen (secondary N) is 1. The fourth-order valence-corrected chi connectivity index (χ4v) is 5.13. The van der Waals surface area contributed by atoms with Crippen LogP contribution in [0.15, 0.2) is 93.9 Å². The average molecular weight is 515 g/mol. The zero-order valence-corrected chi connectivity index (χ0v) is 20.9. The highest BCUT2D eigenvalue weighted by Gasteiger charge is 2.42. The lowest BCUT2D eigenvalue weighted by Crippen LogP contribution is -2.36. The highest BCUT2D eigenvalue weighted by molar-refractivity contribution is 6.04.